The summed E-state index contributed by atoms with van der Waals surface area (Å²) in [7, 11) is 5.33. The first-order valence-corrected chi connectivity index (χ1v) is 9.03. The Morgan fingerprint density at radius 2 is 1.76 bits per heavy atom. The average molecular weight is 344 g/mol. The maximum Gasteiger partial charge on any atom is 0.198 e. The molecule has 0 amide bonds. The van der Waals surface area contributed by atoms with Crippen LogP contribution >= 0.6 is 0 Å². The average Bonchev–Trinajstić information content (AvgIpc) is 2.64. The van der Waals surface area contributed by atoms with Crippen molar-refractivity contribution in [2.24, 2.45) is 0 Å². The van der Waals surface area contributed by atoms with Gasteiger partial charge >= 0.3 is 0 Å². The summed E-state index contributed by atoms with van der Waals surface area (Å²) in [6.45, 7) is 2.62. The Hall–Kier alpha value is -2.01. The van der Waals surface area contributed by atoms with E-state index in [1.807, 2.05) is 13.0 Å². The third kappa shape index (κ3) is 3.38. The van der Waals surface area contributed by atoms with Crippen LogP contribution in [0, 0.1) is 6.92 Å². The maximum absolute atomic E-state index is 13.2. The minimum Gasteiger partial charge on any atom is -0.496 e. The fourth-order valence-electron chi connectivity index (χ4n) is 3.93. The highest BCUT2D eigenvalue weighted by Gasteiger charge is 2.22. The number of nitrogens with one attached hydrogen (secondary N) is 1. The summed E-state index contributed by atoms with van der Waals surface area (Å²) >= 11 is 0. The fraction of sp³-hybridized carbons (Fsp3) is 0.550. The molecule has 0 unspecified atom stereocenters. The van der Waals surface area contributed by atoms with Gasteiger partial charge in [0.15, 0.2) is 5.43 Å². The van der Waals surface area contributed by atoms with Crippen molar-refractivity contribution in [1.82, 2.24) is 9.88 Å². The van der Waals surface area contributed by atoms with Crippen LogP contribution in [-0.4, -0.2) is 37.2 Å². The number of pyridine rings is 1. The van der Waals surface area contributed by atoms with Crippen molar-refractivity contribution in [2.75, 3.05) is 21.3 Å². The van der Waals surface area contributed by atoms with E-state index in [9.17, 15) is 4.79 Å². The Balaban J connectivity index is 2.05. The molecule has 1 aliphatic carbocycles. The van der Waals surface area contributed by atoms with Gasteiger partial charge in [-0.15, -0.1) is 0 Å². The molecule has 0 aliphatic heterocycles. The molecule has 0 radical (unpaired) electrons. The van der Waals surface area contributed by atoms with E-state index in [1.165, 1.54) is 32.1 Å². The van der Waals surface area contributed by atoms with Gasteiger partial charge in [0.2, 0.25) is 0 Å². The van der Waals surface area contributed by atoms with E-state index in [2.05, 4.69) is 16.9 Å². The minimum atomic E-state index is 0.0321. The SMILES string of the molecule is COc1ccc(OC)c2c(=O)c(CN(C)C3CCCCC3)c(C)[nH]c12. The van der Waals surface area contributed by atoms with Gasteiger partial charge in [0.05, 0.1) is 25.1 Å². The van der Waals surface area contributed by atoms with E-state index in [4.69, 9.17) is 9.47 Å². The molecule has 5 heteroatoms. The zero-order valence-corrected chi connectivity index (χ0v) is 15.6. The molecule has 1 N–H and O–H groups in total. The first-order valence-electron chi connectivity index (χ1n) is 9.03. The predicted octanol–water partition coefficient (Wildman–Crippen LogP) is 3.62. The molecule has 0 atom stereocenters. The lowest BCUT2D eigenvalue weighted by molar-refractivity contribution is 0.184. The zero-order chi connectivity index (χ0) is 18.0. The zero-order valence-electron chi connectivity index (χ0n) is 15.6. The molecule has 1 aromatic carbocycles. The molecule has 1 saturated carbocycles. The van der Waals surface area contributed by atoms with Crippen LogP contribution in [0.1, 0.15) is 43.4 Å². The lowest BCUT2D eigenvalue weighted by atomic mass is 9.94. The number of hydrogen-bond acceptors (Lipinski definition) is 4. The Labute approximate surface area is 148 Å². The van der Waals surface area contributed by atoms with Crippen molar-refractivity contribution in [3.8, 4) is 11.5 Å². The highest BCUT2D eigenvalue weighted by Crippen LogP contribution is 2.31. The van der Waals surface area contributed by atoms with Crippen molar-refractivity contribution in [3.63, 3.8) is 0 Å². The number of aryl methyl sites for hydroxylation is 1. The van der Waals surface area contributed by atoms with E-state index < -0.39 is 0 Å². The van der Waals surface area contributed by atoms with Crippen LogP contribution in [0.15, 0.2) is 16.9 Å². The Morgan fingerprint density at radius 1 is 1.12 bits per heavy atom. The number of ether oxygens (including phenoxy) is 2. The largest absolute Gasteiger partial charge is 0.496 e. The molecule has 136 valence electrons. The number of methoxy groups -OCH3 is 2. The van der Waals surface area contributed by atoms with Crippen LogP contribution in [0.25, 0.3) is 10.9 Å². The molecule has 1 heterocycles. The third-order valence-electron chi connectivity index (χ3n) is 5.44. The monoisotopic (exact) mass is 344 g/mol. The summed E-state index contributed by atoms with van der Waals surface area (Å²) in [5.74, 6) is 1.24. The van der Waals surface area contributed by atoms with Crippen LogP contribution in [0.3, 0.4) is 0 Å². The smallest absolute Gasteiger partial charge is 0.198 e. The van der Waals surface area contributed by atoms with E-state index in [0.29, 0.717) is 35.0 Å². The van der Waals surface area contributed by atoms with Gasteiger partial charge in [-0.2, -0.15) is 0 Å². The van der Waals surface area contributed by atoms with E-state index >= 15 is 0 Å². The van der Waals surface area contributed by atoms with Crippen LogP contribution in [0.5, 0.6) is 11.5 Å². The number of fused-ring (bicyclic) bond motifs is 1. The second-order valence-corrected chi connectivity index (χ2v) is 6.98. The van der Waals surface area contributed by atoms with Crippen LogP contribution in [0.2, 0.25) is 0 Å². The van der Waals surface area contributed by atoms with Crippen molar-refractivity contribution in [1.29, 1.82) is 0 Å². The van der Waals surface area contributed by atoms with Gasteiger partial charge in [-0.05, 0) is 38.9 Å². The summed E-state index contributed by atoms with van der Waals surface area (Å²) in [5, 5.41) is 0.569. The fourth-order valence-corrected chi connectivity index (χ4v) is 3.93. The Kier molecular flexibility index (Phi) is 5.33. The van der Waals surface area contributed by atoms with Gasteiger partial charge in [-0.3, -0.25) is 9.69 Å². The highest BCUT2D eigenvalue weighted by atomic mass is 16.5. The summed E-state index contributed by atoms with van der Waals surface area (Å²) in [6, 6.07) is 4.18. The molecular formula is C20H28N2O3. The van der Waals surface area contributed by atoms with Crippen LogP contribution in [-0.2, 0) is 6.54 Å². The standard InChI is InChI=1S/C20H28N2O3/c1-13-15(12-22(2)14-8-6-5-7-9-14)20(23)18-16(24-3)10-11-17(25-4)19(18)21-13/h10-11,14H,5-9,12H2,1-4H3,(H,21,23). The van der Waals surface area contributed by atoms with Gasteiger partial charge < -0.3 is 14.5 Å². The summed E-state index contributed by atoms with van der Waals surface area (Å²) < 4.78 is 10.9. The maximum atomic E-state index is 13.2. The lowest BCUT2D eigenvalue weighted by Crippen LogP contribution is -2.35. The molecule has 0 spiro atoms. The second-order valence-electron chi connectivity index (χ2n) is 6.98. The van der Waals surface area contributed by atoms with Crippen molar-refractivity contribution in [2.45, 2.75) is 51.6 Å². The van der Waals surface area contributed by atoms with Crippen LogP contribution < -0.4 is 14.9 Å². The summed E-state index contributed by atoms with van der Waals surface area (Å²) in [6.07, 6.45) is 6.34. The number of benzene rings is 1. The van der Waals surface area contributed by atoms with Gasteiger partial charge in [0.1, 0.15) is 11.5 Å². The normalized spacial score (nSPS) is 15.7. The first-order chi connectivity index (χ1) is 12.1. The summed E-state index contributed by atoms with van der Waals surface area (Å²) in [5.41, 5.74) is 2.44. The molecule has 0 bridgehead atoms. The molecular weight excluding hydrogens is 316 g/mol. The molecule has 1 fully saturated rings. The van der Waals surface area contributed by atoms with Crippen LogP contribution in [0.4, 0.5) is 0 Å². The number of nitrogens with zero attached hydrogens (tertiary/aromatic N) is 1. The van der Waals surface area contributed by atoms with Crippen molar-refractivity contribution < 1.29 is 9.47 Å². The van der Waals surface area contributed by atoms with E-state index in [-0.39, 0.29) is 5.43 Å². The van der Waals surface area contributed by atoms with Crippen molar-refractivity contribution in [3.05, 3.63) is 33.6 Å². The summed E-state index contributed by atoms with van der Waals surface area (Å²) in [4.78, 5) is 18.9. The molecule has 1 aromatic heterocycles. The van der Waals surface area contributed by atoms with E-state index in [0.717, 1.165) is 11.3 Å². The minimum absolute atomic E-state index is 0.0321. The topological polar surface area (TPSA) is 54.6 Å². The van der Waals surface area contributed by atoms with Crippen molar-refractivity contribution >= 4 is 10.9 Å². The molecule has 1 aliphatic rings. The van der Waals surface area contributed by atoms with Gasteiger partial charge in [0, 0.05) is 23.8 Å². The van der Waals surface area contributed by atoms with Gasteiger partial charge in [-0.25, -0.2) is 0 Å². The molecule has 5 nitrogen and oxygen atoms in total. The molecule has 2 aromatic rings. The Morgan fingerprint density at radius 3 is 2.40 bits per heavy atom. The number of H-pyrrole nitrogens is 1. The number of hydrogen-bond donors (Lipinski definition) is 1. The van der Waals surface area contributed by atoms with Gasteiger partial charge in [-0.1, -0.05) is 19.3 Å². The second kappa shape index (κ2) is 7.48. The number of rotatable bonds is 5. The lowest BCUT2D eigenvalue weighted by Gasteiger charge is -2.31. The quantitative estimate of drug-likeness (QED) is 0.900. The third-order valence-corrected chi connectivity index (χ3v) is 5.44. The van der Waals surface area contributed by atoms with E-state index in [1.54, 1.807) is 20.3 Å². The number of aromatic amines is 1. The Bertz CT molecular complexity index is 807. The highest BCUT2D eigenvalue weighted by molar-refractivity contribution is 5.90. The molecule has 0 saturated heterocycles. The predicted molar refractivity (Wildman–Crippen MR) is 101 cm³/mol. The van der Waals surface area contributed by atoms with Gasteiger partial charge in [0.25, 0.3) is 0 Å². The molecule has 25 heavy (non-hydrogen) atoms. The first kappa shape index (κ1) is 17.8. The number of aromatic nitrogens is 1. The molecule has 3 rings (SSSR count).